The average molecular weight is 504 g/mol. The third-order valence-corrected chi connectivity index (χ3v) is 6.40. The molecule has 158 valence electrons. The van der Waals surface area contributed by atoms with Gasteiger partial charge in [-0.25, -0.2) is 0 Å². The fraction of sp³-hybridized carbons (Fsp3) is 0.238. The monoisotopic (exact) mass is 502 g/mol. The summed E-state index contributed by atoms with van der Waals surface area (Å²) in [5, 5.41) is 2.42. The molecule has 3 rings (SSSR count). The SMILES string of the molecule is CCN=C1S/C(=C/c2cc(Cl)c(OCc3ccc(Cl)cc3Cl)c(Cl)c2)C(=O)N1CC. The zero-order valence-electron chi connectivity index (χ0n) is 16.2. The largest absolute Gasteiger partial charge is 0.486 e. The minimum Gasteiger partial charge on any atom is -0.486 e. The Labute approximate surface area is 199 Å². The minimum absolute atomic E-state index is 0.0837. The molecule has 30 heavy (non-hydrogen) atoms. The van der Waals surface area contributed by atoms with Crippen LogP contribution in [0.3, 0.4) is 0 Å². The van der Waals surface area contributed by atoms with E-state index in [1.54, 1.807) is 41.3 Å². The number of carbonyl (C=O) groups excluding carboxylic acids is 1. The summed E-state index contributed by atoms with van der Waals surface area (Å²) in [6.45, 7) is 5.21. The van der Waals surface area contributed by atoms with Crippen LogP contribution in [0.5, 0.6) is 5.75 Å². The summed E-state index contributed by atoms with van der Waals surface area (Å²) in [5.74, 6) is 0.264. The number of halogens is 4. The van der Waals surface area contributed by atoms with Crippen molar-refractivity contribution in [2.75, 3.05) is 13.1 Å². The minimum atomic E-state index is -0.0837. The molecule has 4 nitrogen and oxygen atoms in total. The van der Waals surface area contributed by atoms with Gasteiger partial charge in [-0.2, -0.15) is 0 Å². The molecule has 2 aromatic rings. The maximum atomic E-state index is 12.6. The van der Waals surface area contributed by atoms with E-state index in [1.807, 2.05) is 13.8 Å². The van der Waals surface area contributed by atoms with Crippen molar-refractivity contribution < 1.29 is 9.53 Å². The summed E-state index contributed by atoms with van der Waals surface area (Å²) >= 11 is 26.2. The number of ether oxygens (including phenoxy) is 1. The van der Waals surface area contributed by atoms with Crippen molar-refractivity contribution in [1.29, 1.82) is 0 Å². The van der Waals surface area contributed by atoms with E-state index in [9.17, 15) is 4.79 Å². The van der Waals surface area contributed by atoms with Crippen LogP contribution in [-0.4, -0.2) is 29.1 Å². The Morgan fingerprint density at radius 2 is 1.77 bits per heavy atom. The van der Waals surface area contributed by atoms with Gasteiger partial charge in [0.25, 0.3) is 5.91 Å². The van der Waals surface area contributed by atoms with Crippen LogP contribution in [0, 0.1) is 0 Å². The Hall–Kier alpha value is -1.37. The summed E-state index contributed by atoms with van der Waals surface area (Å²) < 4.78 is 5.79. The van der Waals surface area contributed by atoms with Crippen molar-refractivity contribution >= 4 is 75.3 Å². The number of hydrogen-bond donors (Lipinski definition) is 0. The summed E-state index contributed by atoms with van der Waals surface area (Å²) in [7, 11) is 0. The first-order chi connectivity index (χ1) is 14.3. The highest BCUT2D eigenvalue weighted by molar-refractivity contribution is 8.18. The standard InChI is InChI=1S/C21H18Cl4N2O2S/c1-3-26-21-27(4-2)20(28)18(30-21)9-12-7-16(24)19(17(25)8-12)29-11-13-5-6-14(22)10-15(13)23/h5-10H,3-4,11H2,1-2H3/b18-9+,26-21?. The van der Waals surface area contributed by atoms with Gasteiger partial charge in [-0.1, -0.05) is 52.5 Å². The van der Waals surface area contributed by atoms with Crippen LogP contribution in [-0.2, 0) is 11.4 Å². The predicted octanol–water partition coefficient (Wildman–Crippen LogP) is 7.19. The topological polar surface area (TPSA) is 41.9 Å². The number of nitrogens with zero attached hydrogens (tertiary/aromatic N) is 2. The molecule has 0 spiro atoms. The van der Waals surface area contributed by atoms with Crippen LogP contribution < -0.4 is 4.74 Å². The lowest BCUT2D eigenvalue weighted by molar-refractivity contribution is -0.122. The summed E-state index contributed by atoms with van der Waals surface area (Å²) in [6.07, 6.45) is 1.76. The van der Waals surface area contributed by atoms with Crippen LogP contribution in [0.15, 0.2) is 40.2 Å². The number of benzene rings is 2. The van der Waals surface area contributed by atoms with Gasteiger partial charge in [-0.15, -0.1) is 0 Å². The van der Waals surface area contributed by atoms with Crippen LogP contribution in [0.1, 0.15) is 25.0 Å². The number of thioether (sulfide) groups is 1. The molecule has 1 saturated heterocycles. The molecule has 1 heterocycles. The van der Waals surface area contributed by atoms with E-state index >= 15 is 0 Å². The molecule has 1 aliphatic heterocycles. The average Bonchev–Trinajstić information content (AvgIpc) is 2.97. The van der Waals surface area contributed by atoms with Crippen LogP contribution >= 0.6 is 58.2 Å². The highest BCUT2D eigenvalue weighted by Crippen LogP contribution is 2.38. The molecule has 0 bridgehead atoms. The zero-order valence-corrected chi connectivity index (χ0v) is 20.1. The predicted molar refractivity (Wildman–Crippen MR) is 128 cm³/mol. The van der Waals surface area contributed by atoms with Gasteiger partial charge in [0.15, 0.2) is 10.9 Å². The molecule has 0 radical (unpaired) electrons. The van der Waals surface area contributed by atoms with Crippen molar-refractivity contribution in [3.8, 4) is 5.75 Å². The fourth-order valence-corrected chi connectivity index (χ4v) is 4.96. The van der Waals surface area contributed by atoms with E-state index in [4.69, 9.17) is 51.1 Å². The molecule has 0 saturated carbocycles. The lowest BCUT2D eigenvalue weighted by Gasteiger charge is -2.12. The molecule has 1 aliphatic rings. The molecule has 2 aromatic carbocycles. The molecule has 1 amide bonds. The summed E-state index contributed by atoms with van der Waals surface area (Å²) in [4.78, 5) is 19.2. The molecule has 9 heteroatoms. The van der Waals surface area contributed by atoms with E-state index in [1.165, 1.54) is 11.8 Å². The van der Waals surface area contributed by atoms with E-state index in [0.717, 1.165) is 5.56 Å². The van der Waals surface area contributed by atoms with Gasteiger partial charge in [0, 0.05) is 28.7 Å². The van der Waals surface area contributed by atoms with Gasteiger partial charge in [-0.3, -0.25) is 14.7 Å². The maximum absolute atomic E-state index is 12.6. The van der Waals surface area contributed by atoms with E-state index in [2.05, 4.69) is 4.99 Å². The first-order valence-electron chi connectivity index (χ1n) is 9.15. The number of likely N-dealkylation sites (N-methyl/N-ethyl adjacent to an activating group) is 1. The highest BCUT2D eigenvalue weighted by atomic mass is 35.5. The Morgan fingerprint density at radius 1 is 1.07 bits per heavy atom. The lowest BCUT2D eigenvalue weighted by atomic mass is 10.2. The Balaban J connectivity index is 1.81. The maximum Gasteiger partial charge on any atom is 0.266 e. The second-order valence-corrected chi connectivity index (χ2v) is 8.92. The van der Waals surface area contributed by atoms with Crippen molar-refractivity contribution in [2.24, 2.45) is 4.99 Å². The molecule has 0 aliphatic carbocycles. The molecule has 0 atom stereocenters. The van der Waals surface area contributed by atoms with Crippen LogP contribution in [0.2, 0.25) is 20.1 Å². The van der Waals surface area contributed by atoms with Crippen molar-refractivity contribution in [3.05, 3.63) is 66.5 Å². The van der Waals surface area contributed by atoms with E-state index in [-0.39, 0.29) is 12.5 Å². The summed E-state index contributed by atoms with van der Waals surface area (Å²) in [6, 6.07) is 8.57. The summed E-state index contributed by atoms with van der Waals surface area (Å²) in [5.41, 5.74) is 1.46. The van der Waals surface area contributed by atoms with Crippen molar-refractivity contribution in [2.45, 2.75) is 20.5 Å². The molecular weight excluding hydrogens is 486 g/mol. The van der Waals surface area contributed by atoms with Gasteiger partial charge >= 0.3 is 0 Å². The zero-order chi connectivity index (χ0) is 21.8. The first kappa shape index (κ1) is 23.3. The third-order valence-electron chi connectivity index (χ3n) is 4.20. The fourth-order valence-electron chi connectivity index (χ4n) is 2.78. The highest BCUT2D eigenvalue weighted by Gasteiger charge is 2.31. The number of aliphatic imine (C=N–C) groups is 1. The number of amides is 1. The molecular formula is C21H18Cl4N2O2S. The van der Waals surface area contributed by atoms with Crippen LogP contribution in [0.4, 0.5) is 0 Å². The van der Waals surface area contributed by atoms with Crippen molar-refractivity contribution in [1.82, 2.24) is 4.90 Å². The normalized spacial score (nSPS) is 16.7. The number of hydrogen-bond acceptors (Lipinski definition) is 4. The Bertz CT molecular complexity index is 1020. The van der Waals surface area contributed by atoms with Gasteiger partial charge in [0.1, 0.15) is 6.61 Å². The third kappa shape index (κ3) is 5.27. The van der Waals surface area contributed by atoms with Gasteiger partial charge in [0.05, 0.1) is 15.0 Å². The second-order valence-electron chi connectivity index (χ2n) is 6.26. The van der Waals surface area contributed by atoms with Crippen molar-refractivity contribution in [3.63, 3.8) is 0 Å². The van der Waals surface area contributed by atoms with Gasteiger partial charge in [0.2, 0.25) is 0 Å². The van der Waals surface area contributed by atoms with E-state index in [0.29, 0.717) is 54.6 Å². The first-order valence-corrected chi connectivity index (χ1v) is 11.5. The molecule has 0 aromatic heterocycles. The number of amidine groups is 1. The van der Waals surface area contributed by atoms with Gasteiger partial charge < -0.3 is 4.74 Å². The molecule has 1 fully saturated rings. The molecule has 0 N–H and O–H groups in total. The quantitative estimate of drug-likeness (QED) is 0.391. The van der Waals surface area contributed by atoms with Crippen LogP contribution in [0.25, 0.3) is 6.08 Å². The number of carbonyl (C=O) groups is 1. The van der Waals surface area contributed by atoms with Gasteiger partial charge in [-0.05, 0) is 61.5 Å². The molecule has 0 unspecified atom stereocenters. The lowest BCUT2D eigenvalue weighted by Crippen LogP contribution is -2.28. The Kier molecular flexibility index (Phi) is 7.99. The smallest absolute Gasteiger partial charge is 0.266 e. The van der Waals surface area contributed by atoms with E-state index < -0.39 is 0 Å². The number of rotatable bonds is 6. The Morgan fingerprint density at radius 3 is 2.37 bits per heavy atom. The second kappa shape index (κ2) is 10.3.